The summed E-state index contributed by atoms with van der Waals surface area (Å²) in [5.41, 5.74) is 0.982. The van der Waals surface area contributed by atoms with Crippen LogP contribution in [0.1, 0.15) is 24.8 Å². The van der Waals surface area contributed by atoms with E-state index in [4.69, 9.17) is 0 Å². The predicted octanol–water partition coefficient (Wildman–Crippen LogP) is 0.739. The van der Waals surface area contributed by atoms with Crippen LogP contribution in [-0.2, 0) is 21.2 Å². The van der Waals surface area contributed by atoms with E-state index in [1.807, 2.05) is 12.1 Å². The molecule has 1 aromatic carbocycles. The third-order valence-electron chi connectivity index (χ3n) is 4.72. The van der Waals surface area contributed by atoms with E-state index in [-0.39, 0.29) is 5.91 Å². The van der Waals surface area contributed by atoms with Crippen LogP contribution in [0, 0.1) is 5.92 Å². The molecule has 6 nitrogen and oxygen atoms in total. The van der Waals surface area contributed by atoms with Crippen molar-refractivity contribution in [2.24, 2.45) is 5.92 Å². The molecular formula is C17H25N3O3S. The van der Waals surface area contributed by atoms with E-state index in [1.165, 1.54) is 0 Å². The number of carbonyl (C=O) groups is 1. The van der Waals surface area contributed by atoms with Gasteiger partial charge in [-0.15, -0.1) is 0 Å². The maximum absolute atomic E-state index is 12.5. The largest absolute Gasteiger partial charge is 0.356 e. The fourth-order valence-corrected chi connectivity index (χ4v) is 4.52. The molecule has 7 heteroatoms. The number of nitrogens with zero attached hydrogens (tertiary/aromatic N) is 1. The lowest BCUT2D eigenvalue weighted by Crippen LogP contribution is -2.48. The highest BCUT2D eigenvalue weighted by molar-refractivity contribution is 7.89. The van der Waals surface area contributed by atoms with Gasteiger partial charge in [-0.1, -0.05) is 12.1 Å². The Hall–Kier alpha value is -1.44. The first-order chi connectivity index (χ1) is 11.6. The van der Waals surface area contributed by atoms with Gasteiger partial charge in [0.15, 0.2) is 0 Å². The van der Waals surface area contributed by atoms with Gasteiger partial charge in [0.05, 0.1) is 4.90 Å². The normalized spacial score (nSPS) is 19.2. The molecule has 3 rings (SSSR count). The standard InChI is InChI=1S/C17H25N3O3S/c21-17(19-13-15-11-18-12-15)8-5-14-3-6-16(7-4-14)24(22,23)20-9-1-2-10-20/h3-4,6-7,15,18H,1-2,5,8-13H2,(H,19,21). The molecule has 2 aliphatic heterocycles. The van der Waals surface area contributed by atoms with Crippen molar-refractivity contribution < 1.29 is 13.2 Å². The van der Waals surface area contributed by atoms with E-state index in [0.717, 1.165) is 38.0 Å². The molecular weight excluding hydrogens is 326 g/mol. The van der Waals surface area contributed by atoms with E-state index in [1.54, 1.807) is 16.4 Å². The van der Waals surface area contributed by atoms with E-state index < -0.39 is 10.0 Å². The summed E-state index contributed by atoms with van der Waals surface area (Å²) in [6.07, 6.45) is 2.92. The summed E-state index contributed by atoms with van der Waals surface area (Å²) >= 11 is 0. The van der Waals surface area contributed by atoms with Crippen LogP contribution in [0.5, 0.6) is 0 Å². The van der Waals surface area contributed by atoms with Crippen LogP contribution in [0.15, 0.2) is 29.2 Å². The minimum absolute atomic E-state index is 0.0515. The maximum atomic E-state index is 12.5. The van der Waals surface area contributed by atoms with Crippen LogP contribution >= 0.6 is 0 Å². The summed E-state index contributed by atoms with van der Waals surface area (Å²) in [6, 6.07) is 6.93. The number of carbonyl (C=O) groups excluding carboxylic acids is 1. The van der Waals surface area contributed by atoms with E-state index >= 15 is 0 Å². The molecule has 2 fully saturated rings. The molecule has 1 aromatic rings. The molecule has 2 saturated heterocycles. The zero-order chi connectivity index (χ0) is 17.0. The van der Waals surface area contributed by atoms with Gasteiger partial charge in [0.2, 0.25) is 15.9 Å². The number of nitrogens with one attached hydrogen (secondary N) is 2. The van der Waals surface area contributed by atoms with E-state index in [2.05, 4.69) is 10.6 Å². The Morgan fingerprint density at radius 1 is 1.17 bits per heavy atom. The van der Waals surface area contributed by atoms with Crippen LogP contribution in [0.25, 0.3) is 0 Å². The Kier molecular flexibility index (Phi) is 5.53. The molecule has 0 aromatic heterocycles. The number of benzene rings is 1. The minimum atomic E-state index is -3.35. The fraction of sp³-hybridized carbons (Fsp3) is 0.588. The molecule has 0 atom stereocenters. The summed E-state index contributed by atoms with van der Waals surface area (Å²) in [7, 11) is -3.35. The lowest BCUT2D eigenvalue weighted by atomic mass is 10.0. The Morgan fingerprint density at radius 3 is 2.42 bits per heavy atom. The molecule has 0 saturated carbocycles. The highest BCUT2D eigenvalue weighted by atomic mass is 32.2. The van der Waals surface area contributed by atoms with E-state index in [9.17, 15) is 13.2 Å². The van der Waals surface area contributed by atoms with Gasteiger partial charge in [-0.05, 0) is 37.0 Å². The van der Waals surface area contributed by atoms with Gasteiger partial charge in [-0.3, -0.25) is 4.79 Å². The summed E-state index contributed by atoms with van der Waals surface area (Å²) in [5, 5.41) is 6.12. The summed E-state index contributed by atoms with van der Waals surface area (Å²) < 4.78 is 26.4. The lowest BCUT2D eigenvalue weighted by molar-refractivity contribution is -0.121. The zero-order valence-electron chi connectivity index (χ0n) is 13.8. The quantitative estimate of drug-likeness (QED) is 0.759. The van der Waals surface area contributed by atoms with Crippen LogP contribution in [0.3, 0.4) is 0 Å². The second kappa shape index (κ2) is 7.63. The van der Waals surface area contributed by atoms with Crippen molar-refractivity contribution in [1.29, 1.82) is 0 Å². The Balaban J connectivity index is 1.49. The number of rotatable bonds is 7. The minimum Gasteiger partial charge on any atom is -0.356 e. The van der Waals surface area contributed by atoms with Gasteiger partial charge in [-0.25, -0.2) is 8.42 Å². The molecule has 0 bridgehead atoms. The molecule has 0 spiro atoms. The Labute approximate surface area is 143 Å². The number of sulfonamides is 1. The third-order valence-corrected chi connectivity index (χ3v) is 6.63. The first kappa shape index (κ1) is 17.4. The molecule has 2 heterocycles. The molecule has 0 aliphatic carbocycles. The lowest BCUT2D eigenvalue weighted by Gasteiger charge is -2.27. The molecule has 2 N–H and O–H groups in total. The first-order valence-electron chi connectivity index (χ1n) is 8.62. The van der Waals surface area contributed by atoms with Crippen LogP contribution in [-0.4, -0.2) is 51.4 Å². The fourth-order valence-electron chi connectivity index (χ4n) is 3.00. The van der Waals surface area contributed by atoms with Gasteiger partial charge in [0.25, 0.3) is 0 Å². The van der Waals surface area contributed by atoms with Gasteiger partial charge in [-0.2, -0.15) is 4.31 Å². The molecule has 1 amide bonds. The summed E-state index contributed by atoms with van der Waals surface area (Å²) in [6.45, 7) is 3.92. The number of hydrogen-bond donors (Lipinski definition) is 2. The van der Waals surface area contributed by atoms with Crippen LogP contribution < -0.4 is 10.6 Å². The Morgan fingerprint density at radius 2 is 1.83 bits per heavy atom. The average Bonchev–Trinajstić information content (AvgIpc) is 3.07. The monoisotopic (exact) mass is 351 g/mol. The van der Waals surface area contributed by atoms with Gasteiger partial charge in [0.1, 0.15) is 0 Å². The maximum Gasteiger partial charge on any atom is 0.243 e. The van der Waals surface area contributed by atoms with E-state index in [0.29, 0.717) is 36.7 Å². The van der Waals surface area contributed by atoms with Gasteiger partial charge >= 0.3 is 0 Å². The SMILES string of the molecule is O=C(CCc1ccc(S(=O)(=O)N2CCCC2)cc1)NCC1CNC1. The molecule has 2 aliphatic rings. The molecule has 24 heavy (non-hydrogen) atoms. The van der Waals surface area contributed by atoms with Crippen molar-refractivity contribution in [3.05, 3.63) is 29.8 Å². The van der Waals surface area contributed by atoms with Crippen molar-refractivity contribution >= 4 is 15.9 Å². The topological polar surface area (TPSA) is 78.5 Å². The molecule has 0 unspecified atom stereocenters. The van der Waals surface area contributed by atoms with Crippen molar-refractivity contribution in [3.63, 3.8) is 0 Å². The second-order valence-electron chi connectivity index (χ2n) is 6.58. The summed E-state index contributed by atoms with van der Waals surface area (Å²) in [4.78, 5) is 12.2. The van der Waals surface area contributed by atoms with Crippen molar-refractivity contribution in [2.75, 3.05) is 32.7 Å². The molecule has 0 radical (unpaired) electrons. The molecule has 132 valence electrons. The van der Waals surface area contributed by atoms with Crippen LogP contribution in [0.2, 0.25) is 0 Å². The third kappa shape index (κ3) is 4.15. The highest BCUT2D eigenvalue weighted by Gasteiger charge is 2.26. The van der Waals surface area contributed by atoms with Crippen molar-refractivity contribution in [1.82, 2.24) is 14.9 Å². The predicted molar refractivity (Wildman–Crippen MR) is 92.1 cm³/mol. The zero-order valence-corrected chi connectivity index (χ0v) is 14.6. The number of amides is 1. The number of aryl methyl sites for hydroxylation is 1. The van der Waals surface area contributed by atoms with Gasteiger partial charge < -0.3 is 10.6 Å². The first-order valence-corrected chi connectivity index (χ1v) is 10.1. The Bertz CT molecular complexity index is 663. The van der Waals surface area contributed by atoms with Gasteiger partial charge in [0, 0.05) is 45.1 Å². The summed E-state index contributed by atoms with van der Waals surface area (Å²) in [5.74, 6) is 0.611. The number of hydrogen-bond acceptors (Lipinski definition) is 4. The average molecular weight is 351 g/mol. The highest BCUT2D eigenvalue weighted by Crippen LogP contribution is 2.21. The van der Waals surface area contributed by atoms with Crippen LogP contribution in [0.4, 0.5) is 0 Å². The van der Waals surface area contributed by atoms with Crippen molar-refractivity contribution in [3.8, 4) is 0 Å². The second-order valence-corrected chi connectivity index (χ2v) is 8.52. The smallest absolute Gasteiger partial charge is 0.243 e. The van der Waals surface area contributed by atoms with Crippen molar-refractivity contribution in [2.45, 2.75) is 30.6 Å².